The van der Waals surface area contributed by atoms with Crippen LogP contribution in [0.15, 0.2) is 42.5 Å². The fourth-order valence-electron chi connectivity index (χ4n) is 2.39. The minimum absolute atomic E-state index is 0.382. The summed E-state index contributed by atoms with van der Waals surface area (Å²) in [6.07, 6.45) is 0.888. The van der Waals surface area contributed by atoms with Crippen LogP contribution in [0.1, 0.15) is 11.4 Å². The topological polar surface area (TPSA) is 17.8 Å². The van der Waals surface area contributed by atoms with Gasteiger partial charge in [0.05, 0.1) is 16.9 Å². The quantitative estimate of drug-likeness (QED) is 0.588. The highest BCUT2D eigenvalue weighted by atomic mass is 35.5. The summed E-state index contributed by atoms with van der Waals surface area (Å²) in [6, 6.07) is 13.6. The smallest absolute Gasteiger partial charge is 0.124 e. The summed E-state index contributed by atoms with van der Waals surface area (Å²) in [5.74, 6) is 1.25. The molecule has 0 amide bonds. The Morgan fingerprint density at radius 1 is 0.952 bits per heavy atom. The van der Waals surface area contributed by atoms with Gasteiger partial charge in [0, 0.05) is 16.6 Å². The fraction of sp³-hybridized carbons (Fsp3) is 0.188. The Hall–Kier alpha value is -1.22. The first-order valence-corrected chi connectivity index (χ1v) is 7.91. The molecule has 1 heterocycles. The van der Waals surface area contributed by atoms with Crippen molar-refractivity contribution in [2.45, 2.75) is 18.8 Å². The maximum absolute atomic E-state index is 6.09. The molecule has 2 nitrogen and oxygen atoms in total. The van der Waals surface area contributed by atoms with E-state index < -0.39 is 0 Å². The van der Waals surface area contributed by atoms with Gasteiger partial charge in [0.15, 0.2) is 0 Å². The summed E-state index contributed by atoms with van der Waals surface area (Å²) in [4.78, 5) is 4.55. The molecule has 0 spiro atoms. The van der Waals surface area contributed by atoms with Gasteiger partial charge in [0.25, 0.3) is 0 Å². The van der Waals surface area contributed by atoms with Crippen LogP contribution in [0.4, 0.5) is 0 Å². The van der Waals surface area contributed by atoms with Gasteiger partial charge in [-0.15, -0.1) is 11.6 Å². The summed E-state index contributed by atoms with van der Waals surface area (Å²) < 4.78 is 2.13. The Morgan fingerprint density at radius 2 is 1.67 bits per heavy atom. The molecule has 0 atom stereocenters. The molecule has 5 heteroatoms. The van der Waals surface area contributed by atoms with Gasteiger partial charge in [-0.2, -0.15) is 0 Å². The molecule has 3 rings (SSSR count). The lowest BCUT2D eigenvalue weighted by molar-refractivity contribution is 0.688. The van der Waals surface area contributed by atoms with Crippen molar-refractivity contribution < 1.29 is 0 Å². The van der Waals surface area contributed by atoms with E-state index in [1.54, 1.807) is 0 Å². The number of benzene rings is 2. The highest BCUT2D eigenvalue weighted by molar-refractivity contribution is 6.31. The zero-order valence-electron chi connectivity index (χ0n) is 11.2. The highest BCUT2D eigenvalue weighted by Gasteiger charge is 2.10. The van der Waals surface area contributed by atoms with Gasteiger partial charge in [0.2, 0.25) is 0 Å². The number of fused-ring (bicyclic) bond motifs is 1. The molecule has 0 saturated carbocycles. The third kappa shape index (κ3) is 3.18. The lowest BCUT2D eigenvalue weighted by atomic mass is 10.1. The van der Waals surface area contributed by atoms with Crippen LogP contribution in [0.5, 0.6) is 0 Å². The fourth-order valence-corrected chi connectivity index (χ4v) is 2.89. The van der Waals surface area contributed by atoms with Gasteiger partial charge in [-0.1, -0.05) is 35.3 Å². The van der Waals surface area contributed by atoms with Gasteiger partial charge >= 0.3 is 0 Å². The van der Waals surface area contributed by atoms with E-state index in [2.05, 4.69) is 9.55 Å². The molecule has 0 aliphatic heterocycles. The SMILES string of the molecule is ClCc1nc2ccc(Cl)cc2n1CCc1ccc(Cl)cc1. The largest absolute Gasteiger partial charge is 0.327 e. The number of hydrogen-bond donors (Lipinski definition) is 0. The van der Waals surface area contributed by atoms with Crippen molar-refractivity contribution in [1.82, 2.24) is 9.55 Å². The lowest BCUT2D eigenvalue weighted by Crippen LogP contribution is -2.05. The first-order valence-electron chi connectivity index (χ1n) is 6.62. The average Bonchev–Trinajstić information content (AvgIpc) is 2.84. The molecule has 0 unspecified atom stereocenters. The van der Waals surface area contributed by atoms with Gasteiger partial charge in [-0.25, -0.2) is 4.98 Å². The average molecular weight is 340 g/mol. The molecule has 0 saturated heterocycles. The molecule has 2 aromatic carbocycles. The van der Waals surface area contributed by atoms with Gasteiger partial charge < -0.3 is 4.57 Å². The molecule has 1 aromatic heterocycles. The molecule has 0 bridgehead atoms. The predicted molar refractivity (Wildman–Crippen MR) is 89.5 cm³/mol. The standard InChI is InChI=1S/C16H13Cl3N2/c17-10-16-20-14-6-5-13(19)9-15(14)21(16)8-7-11-1-3-12(18)4-2-11/h1-6,9H,7-8,10H2. The van der Waals surface area contributed by atoms with Crippen molar-refractivity contribution >= 4 is 45.8 Å². The molecule has 0 radical (unpaired) electrons. The minimum Gasteiger partial charge on any atom is -0.327 e. The summed E-state index contributed by atoms with van der Waals surface area (Å²) in [6.45, 7) is 0.806. The number of aromatic nitrogens is 2. The number of imidazole rings is 1. The third-order valence-electron chi connectivity index (χ3n) is 3.45. The van der Waals surface area contributed by atoms with Crippen LogP contribution < -0.4 is 0 Å². The van der Waals surface area contributed by atoms with Gasteiger partial charge in [-0.3, -0.25) is 0 Å². The Kier molecular flexibility index (Phi) is 4.39. The zero-order chi connectivity index (χ0) is 14.8. The molecule has 0 aliphatic carbocycles. The maximum Gasteiger partial charge on any atom is 0.124 e. The van der Waals surface area contributed by atoms with Crippen LogP contribution in [-0.2, 0) is 18.8 Å². The number of aryl methyl sites for hydroxylation is 2. The highest BCUT2D eigenvalue weighted by Crippen LogP contribution is 2.22. The number of hydrogen-bond acceptors (Lipinski definition) is 1. The molecule has 0 aliphatic rings. The van der Waals surface area contributed by atoms with Crippen molar-refractivity contribution in [3.05, 3.63) is 63.9 Å². The molecule has 0 N–H and O–H groups in total. The van der Waals surface area contributed by atoms with Crippen LogP contribution in [0.25, 0.3) is 11.0 Å². The number of halogens is 3. The monoisotopic (exact) mass is 338 g/mol. The normalized spacial score (nSPS) is 11.2. The van der Waals surface area contributed by atoms with Crippen LogP contribution in [0.2, 0.25) is 10.0 Å². The summed E-state index contributed by atoms with van der Waals surface area (Å²) >= 11 is 18.0. The van der Waals surface area contributed by atoms with Crippen LogP contribution >= 0.6 is 34.8 Å². The van der Waals surface area contributed by atoms with Gasteiger partial charge in [0.1, 0.15) is 5.82 Å². The Bertz CT molecular complexity index is 763. The molecular weight excluding hydrogens is 327 g/mol. The summed E-state index contributed by atoms with van der Waals surface area (Å²) in [5, 5.41) is 1.45. The maximum atomic E-state index is 6.09. The van der Waals surface area contributed by atoms with Crippen molar-refractivity contribution in [3.63, 3.8) is 0 Å². The Balaban J connectivity index is 1.91. The summed E-state index contributed by atoms with van der Waals surface area (Å²) in [5.41, 5.74) is 3.17. The third-order valence-corrected chi connectivity index (χ3v) is 4.17. The van der Waals surface area contributed by atoms with Crippen molar-refractivity contribution in [2.75, 3.05) is 0 Å². The second-order valence-corrected chi connectivity index (χ2v) is 5.96. The minimum atomic E-state index is 0.382. The summed E-state index contributed by atoms with van der Waals surface area (Å²) in [7, 11) is 0. The zero-order valence-corrected chi connectivity index (χ0v) is 13.5. The lowest BCUT2D eigenvalue weighted by Gasteiger charge is -2.08. The van der Waals surface area contributed by atoms with Crippen LogP contribution in [0.3, 0.4) is 0 Å². The van der Waals surface area contributed by atoms with E-state index in [0.717, 1.165) is 34.8 Å². The van der Waals surface area contributed by atoms with E-state index >= 15 is 0 Å². The van der Waals surface area contributed by atoms with Crippen molar-refractivity contribution in [3.8, 4) is 0 Å². The number of alkyl halides is 1. The van der Waals surface area contributed by atoms with Gasteiger partial charge in [-0.05, 0) is 42.3 Å². The van der Waals surface area contributed by atoms with Crippen molar-refractivity contribution in [2.24, 2.45) is 0 Å². The van der Waals surface area contributed by atoms with E-state index in [0.29, 0.717) is 10.9 Å². The number of rotatable bonds is 4. The Morgan fingerprint density at radius 3 is 2.38 bits per heavy atom. The first kappa shape index (κ1) is 14.7. The number of nitrogens with zero attached hydrogens (tertiary/aromatic N) is 2. The second kappa shape index (κ2) is 6.27. The predicted octanol–water partition coefficient (Wildman–Crippen LogP) is 5.32. The van der Waals surface area contributed by atoms with E-state index in [9.17, 15) is 0 Å². The Labute approximate surface area is 138 Å². The van der Waals surface area contributed by atoms with Crippen LogP contribution in [-0.4, -0.2) is 9.55 Å². The van der Waals surface area contributed by atoms with E-state index in [4.69, 9.17) is 34.8 Å². The van der Waals surface area contributed by atoms with E-state index in [1.807, 2.05) is 42.5 Å². The molecule has 108 valence electrons. The molecular formula is C16H13Cl3N2. The molecule has 0 fully saturated rings. The molecule has 21 heavy (non-hydrogen) atoms. The second-order valence-electron chi connectivity index (χ2n) is 4.82. The van der Waals surface area contributed by atoms with Crippen molar-refractivity contribution in [1.29, 1.82) is 0 Å². The van der Waals surface area contributed by atoms with E-state index in [1.165, 1.54) is 5.56 Å². The first-order chi connectivity index (χ1) is 10.2. The van der Waals surface area contributed by atoms with Crippen LogP contribution in [0, 0.1) is 0 Å². The molecule has 3 aromatic rings. The van der Waals surface area contributed by atoms with E-state index in [-0.39, 0.29) is 0 Å².